The lowest BCUT2D eigenvalue weighted by atomic mass is 10.0. The summed E-state index contributed by atoms with van der Waals surface area (Å²) in [7, 11) is 0. The molecule has 0 bridgehead atoms. The first kappa shape index (κ1) is 30.0. The van der Waals surface area contributed by atoms with Gasteiger partial charge in [0.1, 0.15) is 11.3 Å². The molecule has 1 aliphatic carbocycles. The van der Waals surface area contributed by atoms with Gasteiger partial charge in [-0.15, -0.1) is 0 Å². The minimum atomic E-state index is 0.526. The first-order valence-corrected chi connectivity index (χ1v) is 18.4. The zero-order valence-electron chi connectivity index (χ0n) is 29.2. The van der Waals surface area contributed by atoms with Crippen molar-refractivity contribution < 1.29 is 4.42 Å². The molecule has 0 spiro atoms. The highest BCUT2D eigenvalue weighted by atomic mass is 16.3. The lowest BCUT2D eigenvalue weighted by Gasteiger charge is -2.10. The molecular formula is C48H34N4O. The van der Waals surface area contributed by atoms with Crippen LogP contribution in [0.2, 0.25) is 0 Å². The quantitative estimate of drug-likeness (QED) is 0.186. The van der Waals surface area contributed by atoms with E-state index in [1.165, 1.54) is 43.7 Å². The third-order valence-corrected chi connectivity index (χ3v) is 11.0. The monoisotopic (exact) mass is 682 g/mol. The average molecular weight is 683 g/mol. The van der Waals surface area contributed by atoms with Gasteiger partial charge in [-0.05, 0) is 77.1 Å². The number of aromatic nitrogens is 4. The number of benzene rings is 6. The zero-order chi connectivity index (χ0) is 35.0. The van der Waals surface area contributed by atoms with Crippen LogP contribution in [0.4, 0.5) is 0 Å². The molecule has 1 aliphatic rings. The molecule has 0 N–H and O–H groups in total. The summed E-state index contributed by atoms with van der Waals surface area (Å²) in [6, 6.07) is 50.3. The lowest BCUT2D eigenvalue weighted by molar-refractivity contribution is 0.483. The molecule has 252 valence electrons. The number of fused-ring (bicyclic) bond motifs is 9. The van der Waals surface area contributed by atoms with E-state index in [4.69, 9.17) is 14.4 Å². The van der Waals surface area contributed by atoms with E-state index < -0.39 is 0 Å². The fraction of sp³-hybridized carbons (Fsp3) is 0.0833. The van der Waals surface area contributed by atoms with Gasteiger partial charge in [-0.25, -0.2) is 9.97 Å². The van der Waals surface area contributed by atoms with Gasteiger partial charge >= 0.3 is 0 Å². The molecular weight excluding hydrogens is 649 g/mol. The molecule has 11 rings (SSSR count). The number of para-hydroxylation sites is 2. The molecule has 1 unspecified atom stereocenters. The van der Waals surface area contributed by atoms with E-state index in [1.807, 2.05) is 6.20 Å². The lowest BCUT2D eigenvalue weighted by Crippen LogP contribution is -2.01. The highest BCUT2D eigenvalue weighted by Crippen LogP contribution is 2.39. The SMILES string of the molecule is CC1CC=Cc2c(oc3cnc(-n4c5ccccc5c5ccc(-c6ccc7c(c6)c6ccccc6n7-c6ccc(-c7ccccc7)cc6)cc54)nc23)C1. The van der Waals surface area contributed by atoms with E-state index in [9.17, 15) is 0 Å². The van der Waals surface area contributed by atoms with Gasteiger partial charge in [-0.2, -0.15) is 0 Å². The molecule has 10 aromatic rings. The Hall–Kier alpha value is -6.72. The van der Waals surface area contributed by atoms with Crippen LogP contribution < -0.4 is 0 Å². The predicted octanol–water partition coefficient (Wildman–Crippen LogP) is 12.3. The topological polar surface area (TPSA) is 48.8 Å². The molecule has 5 heteroatoms. The van der Waals surface area contributed by atoms with Gasteiger partial charge in [0.05, 0.1) is 28.3 Å². The number of hydrogen-bond donors (Lipinski definition) is 0. The summed E-state index contributed by atoms with van der Waals surface area (Å²) < 4.78 is 10.9. The Morgan fingerprint density at radius 2 is 1.23 bits per heavy atom. The molecule has 0 saturated heterocycles. The van der Waals surface area contributed by atoms with Gasteiger partial charge in [0.2, 0.25) is 5.95 Å². The van der Waals surface area contributed by atoms with Crippen LogP contribution in [-0.2, 0) is 6.42 Å². The Bertz CT molecular complexity index is 3070. The molecule has 5 nitrogen and oxygen atoms in total. The molecule has 0 aliphatic heterocycles. The van der Waals surface area contributed by atoms with E-state index >= 15 is 0 Å². The third-order valence-electron chi connectivity index (χ3n) is 11.0. The van der Waals surface area contributed by atoms with Crippen LogP contribution in [0, 0.1) is 5.92 Å². The molecule has 4 heterocycles. The summed E-state index contributed by atoms with van der Waals surface area (Å²) in [6.07, 6.45) is 8.20. The fourth-order valence-corrected chi connectivity index (χ4v) is 8.43. The molecule has 1 atom stereocenters. The number of nitrogens with zero attached hydrogens (tertiary/aromatic N) is 4. The van der Waals surface area contributed by atoms with Crippen molar-refractivity contribution in [3.63, 3.8) is 0 Å². The van der Waals surface area contributed by atoms with Crippen LogP contribution in [0.3, 0.4) is 0 Å². The van der Waals surface area contributed by atoms with Crippen molar-refractivity contribution in [1.82, 2.24) is 19.1 Å². The van der Waals surface area contributed by atoms with Crippen molar-refractivity contribution in [1.29, 1.82) is 0 Å². The van der Waals surface area contributed by atoms with Gasteiger partial charge in [0, 0.05) is 39.2 Å². The van der Waals surface area contributed by atoms with Crippen molar-refractivity contribution in [2.75, 3.05) is 0 Å². The molecule has 0 saturated carbocycles. The largest absolute Gasteiger partial charge is 0.457 e. The van der Waals surface area contributed by atoms with Crippen LogP contribution >= 0.6 is 0 Å². The first-order chi connectivity index (χ1) is 26.2. The van der Waals surface area contributed by atoms with E-state index in [-0.39, 0.29) is 0 Å². The normalized spacial score (nSPS) is 14.5. The van der Waals surface area contributed by atoms with Crippen molar-refractivity contribution in [2.45, 2.75) is 19.8 Å². The van der Waals surface area contributed by atoms with E-state index in [2.05, 4.69) is 168 Å². The van der Waals surface area contributed by atoms with Gasteiger partial charge in [-0.1, -0.05) is 116 Å². The maximum Gasteiger partial charge on any atom is 0.235 e. The number of rotatable bonds is 4. The second kappa shape index (κ2) is 11.7. The maximum absolute atomic E-state index is 6.30. The van der Waals surface area contributed by atoms with E-state index in [1.54, 1.807) is 0 Å². The van der Waals surface area contributed by atoms with Gasteiger partial charge in [-0.3, -0.25) is 4.57 Å². The molecule has 53 heavy (non-hydrogen) atoms. The van der Waals surface area contributed by atoms with Gasteiger partial charge in [0.25, 0.3) is 0 Å². The van der Waals surface area contributed by atoms with Crippen molar-refractivity contribution >= 4 is 60.8 Å². The molecule has 6 aromatic carbocycles. The summed E-state index contributed by atoms with van der Waals surface area (Å²) in [4.78, 5) is 10.1. The summed E-state index contributed by atoms with van der Waals surface area (Å²) >= 11 is 0. The molecule has 0 amide bonds. The van der Waals surface area contributed by atoms with Crippen molar-refractivity contribution in [3.8, 4) is 33.9 Å². The maximum atomic E-state index is 6.30. The van der Waals surface area contributed by atoms with Crippen LogP contribution in [0.5, 0.6) is 0 Å². The van der Waals surface area contributed by atoms with E-state index in [0.717, 1.165) is 63.1 Å². The minimum Gasteiger partial charge on any atom is -0.457 e. The predicted molar refractivity (Wildman–Crippen MR) is 218 cm³/mol. The third kappa shape index (κ3) is 4.70. The molecule has 0 fully saturated rings. The number of furan rings is 1. The minimum absolute atomic E-state index is 0.526. The van der Waals surface area contributed by atoms with Crippen molar-refractivity contribution in [2.24, 2.45) is 5.92 Å². The summed E-state index contributed by atoms with van der Waals surface area (Å²) in [5, 5.41) is 4.80. The highest BCUT2D eigenvalue weighted by Gasteiger charge is 2.22. The highest BCUT2D eigenvalue weighted by molar-refractivity contribution is 6.12. The second-order valence-corrected chi connectivity index (χ2v) is 14.4. The van der Waals surface area contributed by atoms with Crippen LogP contribution in [0.1, 0.15) is 24.7 Å². The number of allylic oxidation sites excluding steroid dienone is 1. The Labute approximate surface area is 306 Å². The Morgan fingerprint density at radius 3 is 2.06 bits per heavy atom. The zero-order valence-corrected chi connectivity index (χ0v) is 29.2. The van der Waals surface area contributed by atoms with Gasteiger partial charge < -0.3 is 8.98 Å². The Morgan fingerprint density at radius 1 is 0.585 bits per heavy atom. The van der Waals surface area contributed by atoms with Crippen LogP contribution in [0.25, 0.3) is 94.7 Å². The first-order valence-electron chi connectivity index (χ1n) is 18.4. The average Bonchev–Trinajstić information content (AvgIpc) is 3.79. The molecule has 0 radical (unpaired) electrons. The Kier molecular flexibility index (Phi) is 6.59. The van der Waals surface area contributed by atoms with Crippen molar-refractivity contribution in [3.05, 3.63) is 163 Å². The fourth-order valence-electron chi connectivity index (χ4n) is 8.43. The molecule has 4 aromatic heterocycles. The summed E-state index contributed by atoms with van der Waals surface area (Å²) in [5.74, 6) is 2.17. The Balaban J connectivity index is 1.06. The van der Waals surface area contributed by atoms with Crippen LogP contribution in [-0.4, -0.2) is 19.1 Å². The smallest absolute Gasteiger partial charge is 0.235 e. The number of hydrogen-bond acceptors (Lipinski definition) is 3. The van der Waals surface area contributed by atoms with Gasteiger partial charge in [0.15, 0.2) is 5.58 Å². The summed E-state index contributed by atoms with van der Waals surface area (Å²) in [6.45, 7) is 2.26. The second-order valence-electron chi connectivity index (χ2n) is 14.4. The standard InChI is InChI=1S/C48H34N4O/c1-30-10-9-15-39-45(26-30)53-46-29-49-48(50-47(39)46)52-42-17-8-5-13-36(42)38-24-20-34(28-44(38)52)33-21-25-43-40(27-33)37-14-6-7-16-41(37)51(43)35-22-18-32(19-23-35)31-11-3-2-4-12-31/h2-9,11-25,27-30H,10,26H2,1H3. The summed E-state index contributed by atoms with van der Waals surface area (Å²) in [5.41, 5.74) is 13.1. The van der Waals surface area contributed by atoms with Crippen LogP contribution in [0.15, 0.2) is 156 Å². The van der Waals surface area contributed by atoms with E-state index in [0.29, 0.717) is 11.9 Å².